The summed E-state index contributed by atoms with van der Waals surface area (Å²) in [6.45, 7) is 4.95. The third-order valence-electron chi connectivity index (χ3n) is 2.79. The maximum absolute atomic E-state index is 4.97. The van der Waals surface area contributed by atoms with Gasteiger partial charge in [0.25, 0.3) is 0 Å². The molecule has 0 unspecified atom stereocenters. The van der Waals surface area contributed by atoms with Gasteiger partial charge in [0.15, 0.2) is 0 Å². The lowest BCUT2D eigenvalue weighted by Crippen LogP contribution is -2.20. The van der Waals surface area contributed by atoms with Crippen molar-refractivity contribution >= 4 is 15.9 Å². The first-order valence-electron chi connectivity index (χ1n) is 6.18. The molecule has 3 heteroatoms. The average Bonchev–Trinajstić information content (AvgIpc) is 2.32. The van der Waals surface area contributed by atoms with Gasteiger partial charge in [-0.05, 0) is 49.9 Å². The number of unbranched alkanes of at least 4 members (excludes halogenated alkanes) is 1. The van der Waals surface area contributed by atoms with Crippen molar-refractivity contribution in [2.45, 2.75) is 26.2 Å². The summed E-state index contributed by atoms with van der Waals surface area (Å²) in [5.74, 6) is 0. The lowest BCUT2D eigenvalue weighted by Gasteiger charge is -2.05. The normalized spacial score (nSPS) is 10.8. The van der Waals surface area contributed by atoms with E-state index in [9.17, 15) is 0 Å². The van der Waals surface area contributed by atoms with Crippen LogP contribution in [0.4, 0.5) is 0 Å². The van der Waals surface area contributed by atoms with Gasteiger partial charge >= 0.3 is 0 Å². The Labute approximate surface area is 113 Å². The molecule has 0 aromatic heterocycles. The molecule has 0 bridgehead atoms. The highest BCUT2D eigenvalue weighted by Crippen LogP contribution is 2.18. The van der Waals surface area contributed by atoms with E-state index in [4.69, 9.17) is 4.74 Å². The Morgan fingerprint density at radius 1 is 1.24 bits per heavy atom. The van der Waals surface area contributed by atoms with Crippen molar-refractivity contribution in [2.24, 2.45) is 0 Å². The summed E-state index contributed by atoms with van der Waals surface area (Å²) in [7, 11) is 1.73. The van der Waals surface area contributed by atoms with E-state index in [0.29, 0.717) is 0 Å². The van der Waals surface area contributed by atoms with Crippen molar-refractivity contribution in [1.82, 2.24) is 5.32 Å². The molecule has 17 heavy (non-hydrogen) atoms. The minimum absolute atomic E-state index is 0.797. The van der Waals surface area contributed by atoms with Crippen molar-refractivity contribution in [3.8, 4) is 0 Å². The zero-order valence-electron chi connectivity index (χ0n) is 10.8. The number of hydrogen-bond acceptors (Lipinski definition) is 2. The highest BCUT2D eigenvalue weighted by Gasteiger charge is 1.97. The Morgan fingerprint density at radius 3 is 2.76 bits per heavy atom. The molecular weight excluding hydrogens is 278 g/mol. The summed E-state index contributed by atoms with van der Waals surface area (Å²) < 4.78 is 6.19. The third-order valence-corrected chi connectivity index (χ3v) is 3.64. The van der Waals surface area contributed by atoms with Gasteiger partial charge in [0.05, 0.1) is 6.61 Å². The maximum atomic E-state index is 4.97. The largest absolute Gasteiger partial charge is 0.383 e. The summed E-state index contributed by atoms with van der Waals surface area (Å²) in [6.07, 6.45) is 3.61. The SMILES string of the molecule is COCCNCCCCc1ccc(C)c(Br)c1. The van der Waals surface area contributed by atoms with E-state index in [2.05, 4.69) is 46.4 Å². The fraction of sp³-hybridized carbons (Fsp3) is 0.571. The zero-order chi connectivity index (χ0) is 12.5. The lowest BCUT2D eigenvalue weighted by atomic mass is 10.1. The van der Waals surface area contributed by atoms with Crippen LogP contribution in [0.3, 0.4) is 0 Å². The second kappa shape index (κ2) is 8.67. The second-order valence-electron chi connectivity index (χ2n) is 4.28. The molecule has 1 aromatic rings. The quantitative estimate of drug-likeness (QED) is 0.744. The monoisotopic (exact) mass is 299 g/mol. The first-order chi connectivity index (χ1) is 8.24. The molecule has 96 valence electrons. The molecule has 0 aliphatic carbocycles. The number of nitrogens with one attached hydrogen (secondary N) is 1. The molecule has 0 heterocycles. The predicted molar refractivity (Wildman–Crippen MR) is 76.6 cm³/mol. The van der Waals surface area contributed by atoms with E-state index in [1.165, 1.54) is 28.4 Å². The van der Waals surface area contributed by atoms with Gasteiger partial charge in [-0.1, -0.05) is 28.1 Å². The fourth-order valence-corrected chi connectivity index (χ4v) is 2.10. The van der Waals surface area contributed by atoms with Crippen LogP contribution in [0.2, 0.25) is 0 Å². The van der Waals surface area contributed by atoms with Crippen LogP contribution in [0.5, 0.6) is 0 Å². The number of benzene rings is 1. The van der Waals surface area contributed by atoms with Crippen LogP contribution in [-0.4, -0.2) is 26.8 Å². The highest BCUT2D eigenvalue weighted by molar-refractivity contribution is 9.10. The Hall–Kier alpha value is -0.380. The van der Waals surface area contributed by atoms with Crippen LogP contribution in [0.15, 0.2) is 22.7 Å². The van der Waals surface area contributed by atoms with Gasteiger partial charge in [-0.3, -0.25) is 0 Å². The molecule has 0 aliphatic heterocycles. The Kier molecular flexibility index (Phi) is 7.49. The Balaban J connectivity index is 2.11. The molecule has 0 atom stereocenters. The number of rotatable bonds is 8. The van der Waals surface area contributed by atoms with Gasteiger partial charge < -0.3 is 10.1 Å². The van der Waals surface area contributed by atoms with Crippen molar-refractivity contribution in [3.05, 3.63) is 33.8 Å². The molecule has 0 radical (unpaired) electrons. The molecule has 2 nitrogen and oxygen atoms in total. The molecule has 1 aromatic carbocycles. The summed E-state index contributed by atoms with van der Waals surface area (Å²) in [5.41, 5.74) is 2.72. The van der Waals surface area contributed by atoms with Crippen LogP contribution in [0.1, 0.15) is 24.0 Å². The van der Waals surface area contributed by atoms with Crippen molar-refractivity contribution in [3.63, 3.8) is 0 Å². The maximum Gasteiger partial charge on any atom is 0.0587 e. The summed E-state index contributed by atoms with van der Waals surface area (Å²) in [4.78, 5) is 0. The predicted octanol–water partition coefficient (Wildman–Crippen LogP) is 3.32. The van der Waals surface area contributed by atoms with Gasteiger partial charge in [0.2, 0.25) is 0 Å². The lowest BCUT2D eigenvalue weighted by molar-refractivity contribution is 0.199. The molecule has 0 fully saturated rings. The zero-order valence-corrected chi connectivity index (χ0v) is 12.3. The van der Waals surface area contributed by atoms with Crippen molar-refractivity contribution < 1.29 is 4.74 Å². The molecule has 1 rings (SSSR count). The first kappa shape index (κ1) is 14.7. The van der Waals surface area contributed by atoms with E-state index < -0.39 is 0 Å². The number of aryl methyl sites for hydroxylation is 2. The number of hydrogen-bond donors (Lipinski definition) is 1. The van der Waals surface area contributed by atoms with Crippen LogP contribution < -0.4 is 5.32 Å². The molecular formula is C14H22BrNO. The van der Waals surface area contributed by atoms with Gasteiger partial charge in [-0.2, -0.15) is 0 Å². The van der Waals surface area contributed by atoms with Gasteiger partial charge in [-0.25, -0.2) is 0 Å². The summed E-state index contributed by atoms with van der Waals surface area (Å²) in [6, 6.07) is 6.63. The smallest absolute Gasteiger partial charge is 0.0587 e. The molecule has 0 saturated carbocycles. The minimum Gasteiger partial charge on any atom is -0.383 e. The highest BCUT2D eigenvalue weighted by atomic mass is 79.9. The third kappa shape index (κ3) is 6.20. The van der Waals surface area contributed by atoms with Crippen LogP contribution in [-0.2, 0) is 11.2 Å². The summed E-state index contributed by atoms with van der Waals surface area (Å²) >= 11 is 3.57. The van der Waals surface area contributed by atoms with E-state index in [-0.39, 0.29) is 0 Å². The van der Waals surface area contributed by atoms with Crippen molar-refractivity contribution in [2.75, 3.05) is 26.8 Å². The molecule has 1 N–H and O–H groups in total. The number of ether oxygens (including phenoxy) is 1. The minimum atomic E-state index is 0.797. The summed E-state index contributed by atoms with van der Waals surface area (Å²) in [5, 5.41) is 3.36. The van der Waals surface area contributed by atoms with Gasteiger partial charge in [-0.15, -0.1) is 0 Å². The Morgan fingerprint density at radius 2 is 2.06 bits per heavy atom. The van der Waals surface area contributed by atoms with Gasteiger partial charge in [0, 0.05) is 18.1 Å². The van der Waals surface area contributed by atoms with Crippen LogP contribution in [0.25, 0.3) is 0 Å². The van der Waals surface area contributed by atoms with Crippen molar-refractivity contribution in [1.29, 1.82) is 0 Å². The molecule has 0 spiro atoms. The molecule has 0 saturated heterocycles. The topological polar surface area (TPSA) is 21.3 Å². The van der Waals surface area contributed by atoms with Gasteiger partial charge in [0.1, 0.15) is 0 Å². The van der Waals surface area contributed by atoms with Crippen LogP contribution >= 0.6 is 15.9 Å². The van der Waals surface area contributed by atoms with E-state index in [1.54, 1.807) is 7.11 Å². The Bertz CT molecular complexity index is 328. The van der Waals surface area contributed by atoms with Crippen LogP contribution in [0, 0.1) is 6.92 Å². The van der Waals surface area contributed by atoms with E-state index in [1.807, 2.05) is 0 Å². The van der Waals surface area contributed by atoms with E-state index >= 15 is 0 Å². The average molecular weight is 300 g/mol. The standard InChI is InChI=1S/C14H22BrNO/c1-12-6-7-13(11-14(12)15)5-3-4-8-16-9-10-17-2/h6-7,11,16H,3-5,8-10H2,1-2H3. The van der Waals surface area contributed by atoms with E-state index in [0.717, 1.165) is 26.1 Å². The molecule has 0 amide bonds. The second-order valence-corrected chi connectivity index (χ2v) is 5.14. The fourth-order valence-electron chi connectivity index (χ4n) is 1.67. The molecule has 0 aliphatic rings. The first-order valence-corrected chi connectivity index (χ1v) is 6.98. The number of halogens is 1. The number of methoxy groups -OCH3 is 1.